The van der Waals surface area contributed by atoms with Gasteiger partial charge in [-0.05, 0) is 32.0 Å². The zero-order valence-corrected chi connectivity index (χ0v) is 12.1. The van der Waals surface area contributed by atoms with Crippen LogP contribution in [0.3, 0.4) is 0 Å². The van der Waals surface area contributed by atoms with E-state index in [2.05, 4.69) is 26.2 Å². The number of nitrogens with zero attached hydrogens (tertiary/aromatic N) is 1. The van der Waals surface area contributed by atoms with Crippen LogP contribution in [-0.2, 0) is 4.79 Å². The Kier molecular flexibility index (Phi) is 3.58. The molecule has 0 atom stereocenters. The molecule has 1 aliphatic rings. The average Bonchev–Trinajstić information content (AvgIpc) is 2.50. The molecule has 5 heteroatoms. The first-order valence-electron chi connectivity index (χ1n) is 5.26. The highest BCUT2D eigenvalue weighted by atomic mass is 79.9. The molecule has 0 radical (unpaired) electrons. The van der Waals surface area contributed by atoms with Crippen molar-refractivity contribution in [1.29, 1.82) is 0 Å². The number of hydrogen-bond acceptors (Lipinski definition) is 3. The second kappa shape index (κ2) is 4.82. The SMILES string of the molecule is CC1(C)N=C(CSc2cccc(Br)c2)NC1=O. The van der Waals surface area contributed by atoms with Crippen LogP contribution < -0.4 is 5.32 Å². The summed E-state index contributed by atoms with van der Waals surface area (Å²) in [5, 5.41) is 2.81. The van der Waals surface area contributed by atoms with Crippen LogP contribution in [0.5, 0.6) is 0 Å². The molecule has 0 unspecified atom stereocenters. The fourth-order valence-electron chi connectivity index (χ4n) is 1.48. The summed E-state index contributed by atoms with van der Waals surface area (Å²) in [7, 11) is 0. The van der Waals surface area contributed by atoms with E-state index in [1.54, 1.807) is 11.8 Å². The van der Waals surface area contributed by atoms with Crippen molar-refractivity contribution in [2.45, 2.75) is 24.3 Å². The van der Waals surface area contributed by atoms with Gasteiger partial charge in [-0.1, -0.05) is 22.0 Å². The van der Waals surface area contributed by atoms with Gasteiger partial charge in [0.05, 0.1) is 5.75 Å². The third kappa shape index (κ3) is 3.10. The molecule has 0 saturated carbocycles. The lowest BCUT2D eigenvalue weighted by atomic mass is 10.1. The minimum absolute atomic E-state index is 0.0256. The summed E-state index contributed by atoms with van der Waals surface area (Å²) < 4.78 is 1.06. The highest BCUT2D eigenvalue weighted by Crippen LogP contribution is 2.23. The van der Waals surface area contributed by atoms with Gasteiger partial charge < -0.3 is 5.32 Å². The Bertz CT molecular complexity index is 485. The Morgan fingerprint density at radius 2 is 2.24 bits per heavy atom. The van der Waals surface area contributed by atoms with E-state index in [1.807, 2.05) is 38.1 Å². The van der Waals surface area contributed by atoms with Gasteiger partial charge in [0.1, 0.15) is 11.4 Å². The molecule has 1 amide bonds. The van der Waals surface area contributed by atoms with Crippen molar-refractivity contribution in [2.24, 2.45) is 4.99 Å². The molecule has 1 heterocycles. The number of carbonyl (C=O) groups excluding carboxylic acids is 1. The molecule has 0 saturated heterocycles. The molecule has 0 fully saturated rings. The predicted octanol–water partition coefficient (Wildman–Crippen LogP) is 2.85. The molecular formula is C12H13BrN2OS. The van der Waals surface area contributed by atoms with Crippen LogP contribution in [0.4, 0.5) is 0 Å². The van der Waals surface area contributed by atoms with Gasteiger partial charge in [-0.2, -0.15) is 0 Å². The monoisotopic (exact) mass is 312 g/mol. The van der Waals surface area contributed by atoms with E-state index in [0.29, 0.717) is 5.75 Å². The van der Waals surface area contributed by atoms with E-state index >= 15 is 0 Å². The van der Waals surface area contributed by atoms with Crippen LogP contribution in [0.1, 0.15) is 13.8 Å². The van der Waals surface area contributed by atoms with Crippen molar-refractivity contribution in [3.8, 4) is 0 Å². The van der Waals surface area contributed by atoms with Crippen molar-refractivity contribution < 1.29 is 4.79 Å². The maximum atomic E-state index is 11.5. The normalized spacial score (nSPS) is 17.8. The highest BCUT2D eigenvalue weighted by molar-refractivity contribution is 9.10. The number of amides is 1. The number of thioether (sulfide) groups is 1. The van der Waals surface area contributed by atoms with E-state index in [-0.39, 0.29) is 5.91 Å². The van der Waals surface area contributed by atoms with Gasteiger partial charge in [0.25, 0.3) is 5.91 Å². The number of carbonyl (C=O) groups is 1. The Morgan fingerprint density at radius 1 is 1.47 bits per heavy atom. The molecule has 0 aromatic heterocycles. The molecule has 1 N–H and O–H groups in total. The van der Waals surface area contributed by atoms with Crippen molar-refractivity contribution >= 4 is 39.4 Å². The first-order chi connectivity index (χ1) is 7.97. The van der Waals surface area contributed by atoms with E-state index in [9.17, 15) is 4.79 Å². The fraction of sp³-hybridized carbons (Fsp3) is 0.333. The second-order valence-corrected chi connectivity index (χ2v) is 6.28. The number of halogens is 1. The second-order valence-electron chi connectivity index (χ2n) is 4.32. The predicted molar refractivity (Wildman–Crippen MR) is 74.5 cm³/mol. The average molecular weight is 313 g/mol. The number of rotatable bonds is 3. The summed E-state index contributed by atoms with van der Waals surface area (Å²) in [5.74, 6) is 1.42. The summed E-state index contributed by atoms with van der Waals surface area (Å²) in [6, 6.07) is 8.07. The van der Waals surface area contributed by atoms with Gasteiger partial charge in [-0.3, -0.25) is 9.79 Å². The quantitative estimate of drug-likeness (QED) is 0.872. The summed E-state index contributed by atoms with van der Waals surface area (Å²) in [6.45, 7) is 3.64. The molecule has 0 aliphatic carbocycles. The van der Waals surface area contributed by atoms with Gasteiger partial charge >= 0.3 is 0 Å². The number of nitrogens with one attached hydrogen (secondary N) is 1. The van der Waals surface area contributed by atoms with Crippen LogP contribution in [0.25, 0.3) is 0 Å². The Morgan fingerprint density at radius 3 is 2.82 bits per heavy atom. The molecule has 0 spiro atoms. The van der Waals surface area contributed by atoms with E-state index < -0.39 is 5.54 Å². The molecule has 0 bridgehead atoms. The van der Waals surface area contributed by atoms with Crippen LogP contribution in [0.15, 0.2) is 38.6 Å². The molecule has 1 aromatic rings. The van der Waals surface area contributed by atoms with E-state index in [0.717, 1.165) is 15.2 Å². The Labute approximate surface area is 113 Å². The Hall–Kier alpha value is -0.810. The number of hydrogen-bond donors (Lipinski definition) is 1. The number of benzene rings is 1. The minimum Gasteiger partial charge on any atom is -0.312 e. The highest BCUT2D eigenvalue weighted by Gasteiger charge is 2.33. The third-order valence-electron chi connectivity index (χ3n) is 2.40. The van der Waals surface area contributed by atoms with Crippen molar-refractivity contribution in [1.82, 2.24) is 5.32 Å². The van der Waals surface area contributed by atoms with E-state index in [4.69, 9.17) is 0 Å². The largest absolute Gasteiger partial charge is 0.312 e. The summed E-state index contributed by atoms with van der Waals surface area (Å²) in [6.07, 6.45) is 0. The maximum absolute atomic E-state index is 11.5. The lowest BCUT2D eigenvalue weighted by Gasteiger charge is -2.07. The van der Waals surface area contributed by atoms with Gasteiger partial charge in [-0.25, -0.2) is 0 Å². The van der Waals surface area contributed by atoms with Crippen molar-refractivity contribution in [3.63, 3.8) is 0 Å². The Balaban J connectivity index is 1.98. The first-order valence-corrected chi connectivity index (χ1v) is 7.04. The molecule has 90 valence electrons. The molecule has 1 aliphatic heterocycles. The van der Waals surface area contributed by atoms with Crippen LogP contribution in [-0.4, -0.2) is 23.0 Å². The molecule has 17 heavy (non-hydrogen) atoms. The van der Waals surface area contributed by atoms with Crippen molar-refractivity contribution in [2.75, 3.05) is 5.75 Å². The van der Waals surface area contributed by atoms with Gasteiger partial charge in [-0.15, -0.1) is 11.8 Å². The smallest absolute Gasteiger partial charge is 0.252 e. The van der Waals surface area contributed by atoms with E-state index in [1.165, 1.54) is 0 Å². The summed E-state index contributed by atoms with van der Waals surface area (Å²) in [5.41, 5.74) is -0.618. The standard InChI is InChI=1S/C12H13BrN2OS/c1-12(2)11(16)14-10(15-12)7-17-9-5-3-4-8(13)6-9/h3-6H,7H2,1-2H3,(H,14,15,16). The summed E-state index contributed by atoms with van der Waals surface area (Å²) in [4.78, 5) is 17.0. The van der Waals surface area contributed by atoms with Gasteiger partial charge in [0.15, 0.2) is 0 Å². The van der Waals surface area contributed by atoms with Crippen LogP contribution in [0, 0.1) is 0 Å². The zero-order valence-electron chi connectivity index (χ0n) is 9.66. The number of aliphatic imine (C=N–C) groups is 1. The lowest BCUT2D eigenvalue weighted by molar-refractivity contribution is -0.122. The van der Waals surface area contributed by atoms with Crippen LogP contribution >= 0.6 is 27.7 Å². The fourth-order valence-corrected chi connectivity index (χ4v) is 2.85. The van der Waals surface area contributed by atoms with Gasteiger partial charge in [0, 0.05) is 9.37 Å². The third-order valence-corrected chi connectivity index (χ3v) is 3.90. The summed E-state index contributed by atoms with van der Waals surface area (Å²) >= 11 is 5.09. The molecule has 3 nitrogen and oxygen atoms in total. The maximum Gasteiger partial charge on any atom is 0.252 e. The molecule has 1 aromatic carbocycles. The topological polar surface area (TPSA) is 41.5 Å². The zero-order chi connectivity index (χ0) is 12.5. The number of amidine groups is 1. The molecule has 2 rings (SSSR count). The van der Waals surface area contributed by atoms with Crippen molar-refractivity contribution in [3.05, 3.63) is 28.7 Å². The molecular weight excluding hydrogens is 300 g/mol. The lowest BCUT2D eigenvalue weighted by Crippen LogP contribution is -2.34. The minimum atomic E-state index is -0.618. The first kappa shape index (κ1) is 12.6. The van der Waals surface area contributed by atoms with Crippen LogP contribution in [0.2, 0.25) is 0 Å². The van der Waals surface area contributed by atoms with Gasteiger partial charge in [0.2, 0.25) is 0 Å².